The Morgan fingerprint density at radius 2 is 2.00 bits per heavy atom. The van der Waals surface area contributed by atoms with E-state index in [0.717, 1.165) is 0 Å². The van der Waals surface area contributed by atoms with Gasteiger partial charge in [-0.05, 0) is 33.6 Å². The lowest BCUT2D eigenvalue weighted by Crippen LogP contribution is -2.40. The molecule has 2 N–H and O–H groups in total. The van der Waals surface area contributed by atoms with Crippen molar-refractivity contribution in [3.8, 4) is 0 Å². The third-order valence-corrected chi connectivity index (χ3v) is 5.27. The van der Waals surface area contributed by atoms with Crippen LogP contribution in [-0.4, -0.2) is 44.0 Å². The first kappa shape index (κ1) is 15.4. The summed E-state index contributed by atoms with van der Waals surface area (Å²) in [5.41, 5.74) is -0.00489. The zero-order valence-corrected chi connectivity index (χ0v) is 12.3. The maximum absolute atomic E-state index is 11.6. The number of carbonyl (C=O) groups is 1. The number of carbonyl (C=O) groups excluding carboxylic acids is 1. The number of hydrogen-bond acceptors (Lipinski definition) is 4. The molecule has 1 unspecified atom stereocenters. The highest BCUT2D eigenvalue weighted by Crippen LogP contribution is 2.18. The summed E-state index contributed by atoms with van der Waals surface area (Å²) in [5, 5.41) is 5.55. The van der Waals surface area contributed by atoms with E-state index in [2.05, 4.69) is 10.6 Å². The molecule has 0 aliphatic carbocycles. The van der Waals surface area contributed by atoms with E-state index in [1.54, 1.807) is 0 Å². The van der Waals surface area contributed by atoms with Crippen molar-refractivity contribution in [2.24, 2.45) is 0 Å². The van der Waals surface area contributed by atoms with E-state index in [4.69, 9.17) is 0 Å². The average Bonchev–Trinajstić information content (AvgIpc) is 2.52. The molecule has 1 rings (SSSR count). The van der Waals surface area contributed by atoms with Crippen molar-refractivity contribution < 1.29 is 13.2 Å². The van der Waals surface area contributed by atoms with E-state index in [0.29, 0.717) is 25.8 Å². The molecule has 106 valence electrons. The van der Waals surface area contributed by atoms with Crippen molar-refractivity contribution in [1.29, 1.82) is 0 Å². The summed E-state index contributed by atoms with van der Waals surface area (Å²) in [6.45, 7) is 6.98. The van der Waals surface area contributed by atoms with Crippen LogP contribution in [-0.2, 0) is 14.6 Å². The van der Waals surface area contributed by atoms with Gasteiger partial charge in [0.2, 0.25) is 5.91 Å². The lowest BCUT2D eigenvalue weighted by molar-refractivity contribution is -0.121. The number of hydrogen-bond donors (Lipinski definition) is 2. The van der Waals surface area contributed by atoms with Crippen LogP contribution in [0, 0.1) is 0 Å². The number of rotatable bonds is 5. The van der Waals surface area contributed by atoms with Gasteiger partial charge in [0, 0.05) is 25.0 Å². The molecule has 0 radical (unpaired) electrons. The zero-order valence-electron chi connectivity index (χ0n) is 11.5. The van der Waals surface area contributed by atoms with Gasteiger partial charge >= 0.3 is 0 Å². The molecule has 0 aromatic heterocycles. The van der Waals surface area contributed by atoms with Crippen molar-refractivity contribution in [3.05, 3.63) is 0 Å². The molecule has 1 aliphatic rings. The van der Waals surface area contributed by atoms with Crippen LogP contribution in [0.5, 0.6) is 0 Å². The monoisotopic (exact) mass is 276 g/mol. The van der Waals surface area contributed by atoms with E-state index >= 15 is 0 Å². The second-order valence-electron chi connectivity index (χ2n) is 5.86. The third-order valence-electron chi connectivity index (χ3n) is 3.00. The van der Waals surface area contributed by atoms with Crippen LogP contribution in [0.15, 0.2) is 0 Å². The SMILES string of the molecule is CC(C)(C)NCCC(=O)NCC1CCCS1(=O)=O. The Bertz CT molecular complexity index is 385. The maximum Gasteiger partial charge on any atom is 0.221 e. The molecular formula is C12H24N2O3S. The van der Waals surface area contributed by atoms with Crippen molar-refractivity contribution in [3.63, 3.8) is 0 Å². The molecule has 0 spiro atoms. The van der Waals surface area contributed by atoms with E-state index in [9.17, 15) is 13.2 Å². The average molecular weight is 276 g/mol. The largest absolute Gasteiger partial charge is 0.355 e. The molecule has 1 saturated heterocycles. The fraction of sp³-hybridized carbons (Fsp3) is 0.917. The highest BCUT2D eigenvalue weighted by atomic mass is 32.2. The molecule has 1 amide bonds. The molecule has 1 atom stereocenters. The Morgan fingerprint density at radius 3 is 2.50 bits per heavy atom. The number of sulfone groups is 1. The summed E-state index contributed by atoms with van der Waals surface area (Å²) in [4.78, 5) is 11.6. The molecule has 0 saturated carbocycles. The molecule has 1 fully saturated rings. The maximum atomic E-state index is 11.6. The molecule has 1 aliphatic heterocycles. The second kappa shape index (κ2) is 6.02. The van der Waals surface area contributed by atoms with Crippen LogP contribution in [0.1, 0.15) is 40.0 Å². The standard InChI is InChI=1S/C12H24N2O3S/c1-12(2,3)14-7-6-11(15)13-9-10-5-4-8-18(10,16)17/h10,14H,4-9H2,1-3H3,(H,13,15). The van der Waals surface area contributed by atoms with Crippen LogP contribution in [0.3, 0.4) is 0 Å². The minimum Gasteiger partial charge on any atom is -0.355 e. The predicted octanol–water partition coefficient (Wildman–Crippen LogP) is 0.458. The van der Waals surface area contributed by atoms with Gasteiger partial charge in [0.1, 0.15) is 0 Å². The Kier molecular flexibility index (Phi) is 5.16. The molecule has 18 heavy (non-hydrogen) atoms. The summed E-state index contributed by atoms with van der Waals surface area (Å²) in [6.07, 6.45) is 1.77. The highest BCUT2D eigenvalue weighted by Gasteiger charge is 2.31. The van der Waals surface area contributed by atoms with Crippen molar-refractivity contribution in [2.75, 3.05) is 18.8 Å². The van der Waals surface area contributed by atoms with Crippen LogP contribution < -0.4 is 10.6 Å². The fourth-order valence-corrected chi connectivity index (χ4v) is 3.72. The number of nitrogens with one attached hydrogen (secondary N) is 2. The van der Waals surface area contributed by atoms with Gasteiger partial charge in [-0.2, -0.15) is 0 Å². The Balaban J connectivity index is 2.22. The Hall–Kier alpha value is -0.620. The second-order valence-corrected chi connectivity index (χ2v) is 8.26. The lowest BCUT2D eigenvalue weighted by atomic mass is 10.1. The quantitative estimate of drug-likeness (QED) is 0.765. The first-order valence-electron chi connectivity index (χ1n) is 6.44. The van der Waals surface area contributed by atoms with Crippen LogP contribution in [0.2, 0.25) is 0 Å². The van der Waals surface area contributed by atoms with Crippen molar-refractivity contribution in [1.82, 2.24) is 10.6 Å². The number of amides is 1. The van der Waals surface area contributed by atoms with Gasteiger partial charge in [-0.1, -0.05) is 0 Å². The van der Waals surface area contributed by atoms with Gasteiger partial charge in [-0.15, -0.1) is 0 Å². The predicted molar refractivity (Wildman–Crippen MR) is 72.2 cm³/mol. The first-order chi connectivity index (χ1) is 8.21. The Morgan fingerprint density at radius 1 is 1.33 bits per heavy atom. The zero-order chi connectivity index (χ0) is 13.8. The summed E-state index contributed by atoms with van der Waals surface area (Å²) < 4.78 is 23.1. The van der Waals surface area contributed by atoms with Crippen molar-refractivity contribution in [2.45, 2.75) is 50.8 Å². The van der Waals surface area contributed by atoms with Gasteiger partial charge in [0.05, 0.1) is 11.0 Å². The molecular weight excluding hydrogens is 252 g/mol. The molecule has 0 bridgehead atoms. The molecule has 5 nitrogen and oxygen atoms in total. The third kappa shape index (κ3) is 5.35. The molecule has 6 heteroatoms. The first-order valence-corrected chi connectivity index (χ1v) is 8.15. The molecule has 0 aromatic rings. The van der Waals surface area contributed by atoms with Gasteiger partial charge in [-0.25, -0.2) is 8.42 Å². The van der Waals surface area contributed by atoms with Gasteiger partial charge < -0.3 is 10.6 Å². The lowest BCUT2D eigenvalue weighted by Gasteiger charge is -2.20. The van der Waals surface area contributed by atoms with Crippen LogP contribution in [0.4, 0.5) is 0 Å². The summed E-state index contributed by atoms with van der Waals surface area (Å²) in [7, 11) is -2.96. The van der Waals surface area contributed by atoms with E-state index in [1.165, 1.54) is 0 Å². The highest BCUT2D eigenvalue weighted by molar-refractivity contribution is 7.92. The molecule has 1 heterocycles. The minimum absolute atomic E-state index is 0.00489. The van der Waals surface area contributed by atoms with E-state index in [1.807, 2.05) is 20.8 Å². The van der Waals surface area contributed by atoms with Crippen LogP contribution >= 0.6 is 0 Å². The molecule has 0 aromatic carbocycles. The van der Waals surface area contributed by atoms with Crippen molar-refractivity contribution >= 4 is 15.7 Å². The fourth-order valence-electron chi connectivity index (χ4n) is 1.95. The van der Waals surface area contributed by atoms with Gasteiger partial charge in [0.15, 0.2) is 9.84 Å². The normalized spacial score (nSPS) is 22.9. The summed E-state index contributed by atoms with van der Waals surface area (Å²) >= 11 is 0. The summed E-state index contributed by atoms with van der Waals surface area (Å²) in [5.74, 6) is 0.174. The van der Waals surface area contributed by atoms with Crippen LogP contribution in [0.25, 0.3) is 0 Å². The van der Waals surface area contributed by atoms with E-state index < -0.39 is 9.84 Å². The smallest absolute Gasteiger partial charge is 0.221 e. The topological polar surface area (TPSA) is 75.3 Å². The van der Waals surface area contributed by atoms with Gasteiger partial charge in [0.25, 0.3) is 0 Å². The Labute approximate surface area is 110 Å². The van der Waals surface area contributed by atoms with Gasteiger partial charge in [-0.3, -0.25) is 4.79 Å². The minimum atomic E-state index is -2.96. The van der Waals surface area contributed by atoms with E-state index in [-0.39, 0.29) is 29.0 Å². The summed E-state index contributed by atoms with van der Waals surface area (Å²) in [6, 6.07) is 0.